The third kappa shape index (κ3) is 2.87. The van der Waals surface area contributed by atoms with Crippen LogP contribution in [0.5, 0.6) is 0 Å². The third-order valence-corrected chi connectivity index (χ3v) is 6.00. The van der Waals surface area contributed by atoms with E-state index in [1.54, 1.807) is 0 Å². The molecule has 0 saturated heterocycles. The second-order valence-electron chi connectivity index (χ2n) is 8.79. The first-order valence-electron chi connectivity index (χ1n) is 8.82. The molecule has 23 heavy (non-hydrogen) atoms. The van der Waals surface area contributed by atoms with Gasteiger partial charge in [0.05, 0.1) is 18.8 Å². The van der Waals surface area contributed by atoms with E-state index in [-0.39, 0.29) is 12.1 Å². The Morgan fingerprint density at radius 1 is 1.17 bits per heavy atom. The molecule has 1 heterocycles. The lowest BCUT2D eigenvalue weighted by molar-refractivity contribution is -0.212. The van der Waals surface area contributed by atoms with Gasteiger partial charge in [0.15, 0.2) is 0 Å². The SMILES string of the molecule is CC12CC3CC(C)(C1)CC(OCCNc1nnc(CN)o1)(C3)C2. The lowest BCUT2D eigenvalue weighted by Gasteiger charge is -2.65. The maximum Gasteiger partial charge on any atom is 0.315 e. The standard InChI is InChI=1S/C17H28N4O2/c1-15-5-12-6-16(2,9-15)11-17(7-12,10-15)22-4-3-19-14-21-20-13(8-18)23-14/h12H,3-11,18H2,1-2H3,(H,19,21). The van der Waals surface area contributed by atoms with Crippen LogP contribution < -0.4 is 11.1 Å². The van der Waals surface area contributed by atoms with E-state index in [2.05, 4.69) is 29.4 Å². The average molecular weight is 320 g/mol. The number of nitrogens with one attached hydrogen (secondary N) is 1. The molecule has 5 rings (SSSR count). The number of ether oxygens (including phenoxy) is 1. The predicted molar refractivity (Wildman–Crippen MR) is 86.8 cm³/mol. The van der Waals surface area contributed by atoms with Crippen molar-refractivity contribution in [1.82, 2.24) is 10.2 Å². The van der Waals surface area contributed by atoms with Gasteiger partial charge >= 0.3 is 6.01 Å². The highest BCUT2D eigenvalue weighted by Gasteiger charge is 2.60. The number of hydrogen-bond acceptors (Lipinski definition) is 6. The third-order valence-electron chi connectivity index (χ3n) is 6.00. The molecule has 0 spiro atoms. The van der Waals surface area contributed by atoms with Gasteiger partial charge in [-0.05, 0) is 55.3 Å². The van der Waals surface area contributed by atoms with Crippen LogP contribution in [0.4, 0.5) is 6.01 Å². The van der Waals surface area contributed by atoms with Gasteiger partial charge in [-0.3, -0.25) is 0 Å². The molecule has 0 radical (unpaired) electrons. The zero-order valence-electron chi connectivity index (χ0n) is 14.2. The highest BCUT2D eigenvalue weighted by Crippen LogP contribution is 2.67. The van der Waals surface area contributed by atoms with E-state index in [9.17, 15) is 0 Å². The quantitative estimate of drug-likeness (QED) is 0.784. The maximum absolute atomic E-state index is 6.45. The van der Waals surface area contributed by atoms with E-state index in [1.165, 1.54) is 38.5 Å². The minimum Gasteiger partial charge on any atom is -0.407 e. The molecular formula is C17H28N4O2. The number of hydrogen-bond donors (Lipinski definition) is 2. The van der Waals surface area contributed by atoms with Crippen LogP contribution in [0, 0.1) is 16.7 Å². The monoisotopic (exact) mass is 320 g/mol. The van der Waals surface area contributed by atoms with Crippen molar-refractivity contribution in [3.05, 3.63) is 5.89 Å². The summed E-state index contributed by atoms with van der Waals surface area (Å²) in [6.45, 7) is 6.58. The topological polar surface area (TPSA) is 86.2 Å². The Bertz CT molecular complexity index is 569. The van der Waals surface area contributed by atoms with Crippen molar-refractivity contribution in [3.8, 4) is 0 Å². The van der Waals surface area contributed by atoms with Crippen LogP contribution in [0.25, 0.3) is 0 Å². The number of rotatable bonds is 6. The highest BCUT2D eigenvalue weighted by molar-refractivity contribution is 5.16. The van der Waals surface area contributed by atoms with Gasteiger partial charge in [-0.2, -0.15) is 0 Å². The fourth-order valence-corrected chi connectivity index (χ4v) is 6.34. The van der Waals surface area contributed by atoms with Gasteiger partial charge in [0, 0.05) is 6.54 Å². The van der Waals surface area contributed by atoms with Crippen molar-refractivity contribution in [3.63, 3.8) is 0 Å². The minimum atomic E-state index is 0.0991. The number of aromatic nitrogens is 2. The molecule has 4 aliphatic carbocycles. The van der Waals surface area contributed by atoms with E-state index in [4.69, 9.17) is 14.9 Å². The van der Waals surface area contributed by atoms with Crippen molar-refractivity contribution >= 4 is 6.01 Å². The second-order valence-corrected chi connectivity index (χ2v) is 8.79. The molecule has 0 aliphatic heterocycles. The normalized spacial score (nSPS) is 41.4. The molecule has 2 atom stereocenters. The highest BCUT2D eigenvalue weighted by atomic mass is 16.5. The van der Waals surface area contributed by atoms with E-state index >= 15 is 0 Å². The molecule has 4 fully saturated rings. The van der Waals surface area contributed by atoms with Gasteiger partial charge in [0.1, 0.15) is 0 Å². The van der Waals surface area contributed by atoms with Gasteiger partial charge in [-0.25, -0.2) is 0 Å². The minimum absolute atomic E-state index is 0.0991. The molecule has 6 nitrogen and oxygen atoms in total. The fourth-order valence-electron chi connectivity index (χ4n) is 6.34. The summed E-state index contributed by atoms with van der Waals surface area (Å²) >= 11 is 0. The van der Waals surface area contributed by atoms with Crippen molar-refractivity contribution in [2.75, 3.05) is 18.5 Å². The fraction of sp³-hybridized carbons (Fsp3) is 0.882. The zero-order chi connectivity index (χ0) is 16.1. The summed E-state index contributed by atoms with van der Waals surface area (Å²) in [5.74, 6) is 1.31. The van der Waals surface area contributed by atoms with Crippen LogP contribution in [0.3, 0.4) is 0 Å². The first kappa shape index (κ1) is 15.4. The Hall–Kier alpha value is -1.14. The van der Waals surface area contributed by atoms with Gasteiger partial charge in [0.25, 0.3) is 0 Å². The lowest BCUT2D eigenvalue weighted by Crippen LogP contribution is -2.59. The molecule has 4 aliphatic rings. The summed E-state index contributed by atoms with van der Waals surface area (Å²) in [5.41, 5.74) is 6.54. The Balaban J connectivity index is 1.34. The van der Waals surface area contributed by atoms with Crippen LogP contribution in [0.2, 0.25) is 0 Å². The van der Waals surface area contributed by atoms with Crippen LogP contribution in [0.15, 0.2) is 4.42 Å². The molecule has 3 N–H and O–H groups in total. The summed E-state index contributed by atoms with van der Waals surface area (Å²) < 4.78 is 11.8. The summed E-state index contributed by atoms with van der Waals surface area (Å²) in [4.78, 5) is 0. The number of nitrogens with zero attached hydrogens (tertiary/aromatic N) is 2. The Kier molecular flexibility index (Phi) is 3.47. The average Bonchev–Trinajstić information content (AvgIpc) is 2.87. The molecule has 4 saturated carbocycles. The molecule has 0 aromatic carbocycles. The molecule has 2 unspecified atom stereocenters. The van der Waals surface area contributed by atoms with E-state index < -0.39 is 0 Å². The van der Waals surface area contributed by atoms with Crippen LogP contribution in [-0.2, 0) is 11.3 Å². The van der Waals surface area contributed by atoms with E-state index in [0.717, 1.165) is 5.92 Å². The van der Waals surface area contributed by atoms with Crippen LogP contribution in [-0.4, -0.2) is 29.0 Å². The smallest absolute Gasteiger partial charge is 0.315 e. The molecule has 0 amide bonds. The Morgan fingerprint density at radius 2 is 1.91 bits per heavy atom. The molecule has 6 heteroatoms. The summed E-state index contributed by atoms with van der Waals surface area (Å²) in [5, 5.41) is 10.9. The van der Waals surface area contributed by atoms with Crippen LogP contribution in [0.1, 0.15) is 58.3 Å². The largest absolute Gasteiger partial charge is 0.407 e. The number of anilines is 1. The van der Waals surface area contributed by atoms with Crippen molar-refractivity contribution in [2.24, 2.45) is 22.5 Å². The predicted octanol–water partition coefficient (Wildman–Crippen LogP) is 2.71. The second kappa shape index (κ2) is 5.18. The van der Waals surface area contributed by atoms with Gasteiger partial charge in [-0.15, -0.1) is 5.10 Å². The van der Waals surface area contributed by atoms with Gasteiger partial charge in [-0.1, -0.05) is 18.9 Å². The molecular weight excluding hydrogens is 292 g/mol. The van der Waals surface area contributed by atoms with Crippen molar-refractivity contribution in [2.45, 2.75) is 64.5 Å². The molecule has 4 bridgehead atoms. The molecule has 1 aromatic heterocycles. The van der Waals surface area contributed by atoms with E-state index in [0.29, 0.717) is 35.9 Å². The van der Waals surface area contributed by atoms with E-state index in [1.807, 2.05) is 0 Å². The first-order valence-corrected chi connectivity index (χ1v) is 8.82. The summed E-state index contributed by atoms with van der Waals surface area (Å²) in [7, 11) is 0. The van der Waals surface area contributed by atoms with Crippen LogP contribution >= 0.6 is 0 Å². The lowest BCUT2D eigenvalue weighted by atomic mass is 9.43. The van der Waals surface area contributed by atoms with Crippen molar-refractivity contribution < 1.29 is 9.15 Å². The molecule has 128 valence electrons. The number of nitrogens with two attached hydrogens (primary N) is 1. The first-order chi connectivity index (χ1) is 10.9. The zero-order valence-corrected chi connectivity index (χ0v) is 14.2. The summed E-state index contributed by atoms with van der Waals surface area (Å²) in [6.07, 6.45) is 7.87. The molecule has 1 aromatic rings. The van der Waals surface area contributed by atoms with Crippen molar-refractivity contribution in [1.29, 1.82) is 0 Å². The maximum atomic E-state index is 6.45. The summed E-state index contributed by atoms with van der Waals surface area (Å²) in [6, 6.07) is 0.429. The Morgan fingerprint density at radius 3 is 2.52 bits per heavy atom. The van der Waals surface area contributed by atoms with Gasteiger partial charge < -0.3 is 20.2 Å². The Labute approximate surface area is 137 Å². The van der Waals surface area contributed by atoms with Gasteiger partial charge in [0.2, 0.25) is 5.89 Å².